The zero-order chi connectivity index (χ0) is 19.0. The lowest BCUT2D eigenvalue weighted by molar-refractivity contribution is -0.143. The fourth-order valence-corrected chi connectivity index (χ4v) is 3.28. The van der Waals surface area contributed by atoms with Crippen molar-refractivity contribution in [1.29, 1.82) is 0 Å². The number of likely N-dealkylation sites (tertiary alicyclic amines) is 1. The lowest BCUT2D eigenvalue weighted by atomic mass is 9.84. The van der Waals surface area contributed by atoms with Gasteiger partial charge >= 0.3 is 12.1 Å². The summed E-state index contributed by atoms with van der Waals surface area (Å²) in [4.78, 5) is 25.5. The molecule has 1 saturated heterocycles. The maximum atomic E-state index is 12.8. The Balaban J connectivity index is 2.08. The van der Waals surface area contributed by atoms with Crippen molar-refractivity contribution in [2.45, 2.75) is 33.4 Å². The smallest absolute Gasteiger partial charge is 0.416 e. The van der Waals surface area contributed by atoms with Crippen LogP contribution in [0, 0.1) is 17.3 Å². The van der Waals surface area contributed by atoms with E-state index in [0.29, 0.717) is 12.1 Å². The minimum absolute atomic E-state index is 0.122. The third kappa shape index (κ3) is 4.32. The van der Waals surface area contributed by atoms with Crippen LogP contribution in [0.2, 0.25) is 0 Å². The van der Waals surface area contributed by atoms with Crippen LogP contribution < -0.4 is 0 Å². The maximum Gasteiger partial charge on any atom is 0.416 e. The number of nitrogens with zero attached hydrogens (tertiary/aromatic N) is 1. The summed E-state index contributed by atoms with van der Waals surface area (Å²) < 4.78 is 37.9. The predicted octanol–water partition coefficient (Wildman–Crippen LogP) is 3.45. The molecule has 1 heterocycles. The Kier molecular flexibility index (Phi) is 5.16. The summed E-state index contributed by atoms with van der Waals surface area (Å²) in [6.07, 6.45) is -4.10. The highest BCUT2D eigenvalue weighted by Gasteiger charge is 2.41. The number of rotatable bonds is 4. The third-order valence-electron chi connectivity index (χ3n) is 4.72. The van der Waals surface area contributed by atoms with Gasteiger partial charge in [0.1, 0.15) is 0 Å². The quantitative estimate of drug-likeness (QED) is 0.898. The molecular weight excluding hydrogens is 335 g/mol. The van der Waals surface area contributed by atoms with Crippen molar-refractivity contribution >= 4 is 11.9 Å². The topological polar surface area (TPSA) is 57.6 Å². The van der Waals surface area contributed by atoms with Crippen molar-refractivity contribution in [3.05, 3.63) is 35.4 Å². The lowest BCUT2D eigenvalue weighted by Crippen LogP contribution is -2.41. The van der Waals surface area contributed by atoms with Crippen LogP contribution in [0.5, 0.6) is 0 Å². The van der Waals surface area contributed by atoms with E-state index >= 15 is 0 Å². The zero-order valence-electron chi connectivity index (χ0n) is 14.4. The van der Waals surface area contributed by atoms with Crippen LogP contribution in [-0.2, 0) is 22.2 Å². The van der Waals surface area contributed by atoms with Crippen LogP contribution >= 0.6 is 0 Å². The molecule has 4 nitrogen and oxygen atoms in total. The molecule has 138 valence electrons. The normalized spacial score (nSPS) is 21.4. The highest BCUT2D eigenvalue weighted by Crippen LogP contribution is 2.32. The molecule has 25 heavy (non-hydrogen) atoms. The molecule has 0 aliphatic carbocycles. The second-order valence-corrected chi connectivity index (χ2v) is 7.39. The van der Waals surface area contributed by atoms with Crippen LogP contribution in [-0.4, -0.2) is 35.0 Å². The van der Waals surface area contributed by atoms with Gasteiger partial charge in [0.05, 0.1) is 11.5 Å². The van der Waals surface area contributed by atoms with E-state index in [0.717, 1.165) is 12.1 Å². The average molecular weight is 357 g/mol. The standard InChI is InChI=1S/C18H22F3NO3/c1-11-9-22(10-14(11)15(23)24)16(25)17(2,3)8-12-4-6-13(7-5-12)18(19,20)21/h4-7,11,14H,8-10H2,1-3H3,(H,23,24)/t11-,14-/m1/s1. The summed E-state index contributed by atoms with van der Waals surface area (Å²) in [5.41, 5.74) is -0.918. The molecule has 2 atom stereocenters. The number of aliphatic carboxylic acids is 1. The summed E-state index contributed by atoms with van der Waals surface area (Å²) in [7, 11) is 0. The Bertz CT molecular complexity index is 653. The van der Waals surface area contributed by atoms with Crippen molar-refractivity contribution in [2.75, 3.05) is 13.1 Å². The fraction of sp³-hybridized carbons (Fsp3) is 0.556. The molecule has 0 radical (unpaired) electrons. The van der Waals surface area contributed by atoms with E-state index in [1.54, 1.807) is 25.7 Å². The van der Waals surface area contributed by atoms with Gasteiger partial charge in [-0.2, -0.15) is 13.2 Å². The van der Waals surface area contributed by atoms with Gasteiger partial charge in [0, 0.05) is 18.5 Å². The first-order valence-electron chi connectivity index (χ1n) is 8.10. The molecule has 2 rings (SSSR count). The third-order valence-corrected chi connectivity index (χ3v) is 4.72. The number of alkyl halides is 3. The molecule has 1 aromatic carbocycles. The van der Waals surface area contributed by atoms with Gasteiger partial charge in [-0.05, 0) is 30.0 Å². The predicted molar refractivity (Wildman–Crippen MR) is 85.8 cm³/mol. The van der Waals surface area contributed by atoms with E-state index in [-0.39, 0.29) is 24.8 Å². The lowest BCUT2D eigenvalue weighted by Gasteiger charge is -2.29. The summed E-state index contributed by atoms with van der Waals surface area (Å²) >= 11 is 0. The Morgan fingerprint density at radius 3 is 2.16 bits per heavy atom. The van der Waals surface area contributed by atoms with Gasteiger partial charge in [0.15, 0.2) is 0 Å². The first-order chi connectivity index (χ1) is 11.4. The molecule has 0 saturated carbocycles. The van der Waals surface area contributed by atoms with Crippen molar-refractivity contribution in [3.8, 4) is 0 Å². The Morgan fingerprint density at radius 2 is 1.72 bits per heavy atom. The Morgan fingerprint density at radius 1 is 1.16 bits per heavy atom. The van der Waals surface area contributed by atoms with Gasteiger partial charge in [-0.1, -0.05) is 32.9 Å². The molecule has 1 fully saturated rings. The molecule has 1 aliphatic rings. The minimum atomic E-state index is -4.39. The van der Waals surface area contributed by atoms with E-state index in [2.05, 4.69) is 0 Å². The SMILES string of the molecule is C[C@@H]1CN(C(=O)C(C)(C)Cc2ccc(C(F)(F)F)cc2)C[C@H]1C(=O)O. The van der Waals surface area contributed by atoms with Crippen molar-refractivity contribution < 1.29 is 27.9 Å². The van der Waals surface area contributed by atoms with E-state index in [9.17, 15) is 27.9 Å². The van der Waals surface area contributed by atoms with Crippen molar-refractivity contribution in [1.82, 2.24) is 4.90 Å². The summed E-state index contributed by atoms with van der Waals surface area (Å²) in [6, 6.07) is 4.78. The molecule has 1 aromatic rings. The number of carboxylic acid groups (broad SMARTS) is 1. The van der Waals surface area contributed by atoms with Gasteiger partial charge < -0.3 is 10.0 Å². The number of hydrogen-bond donors (Lipinski definition) is 1. The van der Waals surface area contributed by atoms with Crippen molar-refractivity contribution in [2.24, 2.45) is 17.3 Å². The van der Waals surface area contributed by atoms with Crippen molar-refractivity contribution in [3.63, 3.8) is 0 Å². The molecule has 0 bridgehead atoms. The van der Waals surface area contributed by atoms with Gasteiger partial charge in [-0.3, -0.25) is 9.59 Å². The number of benzene rings is 1. The van der Waals surface area contributed by atoms with Gasteiger partial charge in [-0.15, -0.1) is 0 Å². The maximum absolute atomic E-state index is 12.8. The number of hydrogen-bond acceptors (Lipinski definition) is 2. The molecule has 1 amide bonds. The summed E-state index contributed by atoms with van der Waals surface area (Å²) in [6.45, 7) is 5.81. The number of carboxylic acids is 1. The molecule has 1 aliphatic heterocycles. The molecule has 0 spiro atoms. The first-order valence-corrected chi connectivity index (χ1v) is 8.10. The summed E-state index contributed by atoms with van der Waals surface area (Å²) in [5, 5.41) is 9.18. The largest absolute Gasteiger partial charge is 0.481 e. The Labute approximate surface area is 144 Å². The molecule has 0 aromatic heterocycles. The monoisotopic (exact) mass is 357 g/mol. The van der Waals surface area contributed by atoms with Gasteiger partial charge in [0.2, 0.25) is 5.91 Å². The van der Waals surface area contributed by atoms with Crippen LogP contribution in [0.15, 0.2) is 24.3 Å². The minimum Gasteiger partial charge on any atom is -0.481 e. The van der Waals surface area contributed by atoms with Crippen LogP contribution in [0.3, 0.4) is 0 Å². The number of amides is 1. The first kappa shape index (κ1) is 19.3. The number of halogens is 3. The number of carbonyl (C=O) groups is 2. The number of carbonyl (C=O) groups excluding carboxylic acids is 1. The zero-order valence-corrected chi connectivity index (χ0v) is 14.4. The van der Waals surface area contributed by atoms with Gasteiger partial charge in [0.25, 0.3) is 0 Å². The van der Waals surface area contributed by atoms with Crippen LogP contribution in [0.4, 0.5) is 13.2 Å². The Hall–Kier alpha value is -2.05. The summed E-state index contributed by atoms with van der Waals surface area (Å²) in [5.74, 6) is -1.79. The van der Waals surface area contributed by atoms with E-state index < -0.39 is 29.0 Å². The average Bonchev–Trinajstić information content (AvgIpc) is 2.87. The van der Waals surface area contributed by atoms with Crippen LogP contribution in [0.1, 0.15) is 31.9 Å². The van der Waals surface area contributed by atoms with E-state index in [4.69, 9.17) is 0 Å². The van der Waals surface area contributed by atoms with E-state index in [1.807, 2.05) is 0 Å². The van der Waals surface area contributed by atoms with Gasteiger partial charge in [-0.25, -0.2) is 0 Å². The molecule has 0 unspecified atom stereocenters. The molecule has 7 heteroatoms. The molecule has 1 N–H and O–H groups in total. The van der Waals surface area contributed by atoms with Crippen LogP contribution in [0.25, 0.3) is 0 Å². The fourth-order valence-electron chi connectivity index (χ4n) is 3.28. The highest BCUT2D eigenvalue weighted by atomic mass is 19.4. The van der Waals surface area contributed by atoms with E-state index in [1.165, 1.54) is 12.1 Å². The second kappa shape index (κ2) is 6.69. The second-order valence-electron chi connectivity index (χ2n) is 7.39. The molecular formula is C18H22F3NO3. The highest BCUT2D eigenvalue weighted by molar-refractivity contribution is 5.83.